The van der Waals surface area contributed by atoms with Gasteiger partial charge in [0.1, 0.15) is 0 Å². The molecule has 0 saturated carbocycles. The van der Waals surface area contributed by atoms with Crippen LogP contribution in [0.25, 0.3) is 0 Å². The van der Waals surface area contributed by atoms with Gasteiger partial charge in [-0.1, -0.05) is 0 Å². The Balaban J connectivity index is 3.36. The average molecular weight is 302 g/mol. The molecule has 0 spiro atoms. The zero-order valence-electron chi connectivity index (χ0n) is 8.81. The molecule has 0 fully saturated rings. The first-order valence-corrected chi connectivity index (χ1v) is 5.40. The van der Waals surface area contributed by atoms with Crippen LogP contribution < -0.4 is 0 Å². The Kier molecular flexibility index (Phi) is 4.33. The molecule has 0 unspecified atom stereocenters. The lowest BCUT2D eigenvalue weighted by atomic mass is 10.1. The fourth-order valence-electron chi connectivity index (χ4n) is 1.20. The minimum absolute atomic E-state index is 0.0425. The summed E-state index contributed by atoms with van der Waals surface area (Å²) in [4.78, 5) is 32.3. The Morgan fingerprint density at radius 3 is 2.71 bits per heavy atom. The lowest BCUT2D eigenvalue weighted by Gasteiger charge is -2.05. The molecule has 0 saturated heterocycles. The third-order valence-corrected chi connectivity index (χ3v) is 2.57. The largest absolute Gasteiger partial charge is 0.462 e. The van der Waals surface area contributed by atoms with Crippen LogP contribution in [0.2, 0.25) is 0 Å². The van der Waals surface area contributed by atoms with E-state index in [-0.39, 0.29) is 27.9 Å². The molecule has 7 heteroatoms. The van der Waals surface area contributed by atoms with Crippen LogP contribution in [-0.4, -0.2) is 23.8 Å². The van der Waals surface area contributed by atoms with Crippen molar-refractivity contribution in [2.75, 3.05) is 6.61 Å². The zero-order chi connectivity index (χ0) is 13.0. The molecule has 1 rings (SSSR count). The molecule has 90 valence electrons. The molecule has 0 amide bonds. The molecule has 0 radical (unpaired) electrons. The van der Waals surface area contributed by atoms with Gasteiger partial charge in [0.25, 0.3) is 5.69 Å². The molecule has 0 N–H and O–H groups in total. The van der Waals surface area contributed by atoms with Crippen molar-refractivity contribution in [2.45, 2.75) is 6.92 Å². The number of carbonyl (C=O) groups is 2. The van der Waals surface area contributed by atoms with Crippen molar-refractivity contribution in [3.05, 3.63) is 37.8 Å². The van der Waals surface area contributed by atoms with Gasteiger partial charge in [-0.05, 0) is 28.9 Å². The molecule has 1 aromatic rings. The van der Waals surface area contributed by atoms with Crippen LogP contribution in [0.5, 0.6) is 0 Å². The Bertz CT molecular complexity index is 486. The Morgan fingerprint density at radius 1 is 1.59 bits per heavy atom. The highest BCUT2D eigenvalue weighted by Gasteiger charge is 2.21. The number of carbonyl (C=O) groups excluding carboxylic acids is 2. The number of rotatable bonds is 4. The normalized spacial score (nSPS) is 9.76. The van der Waals surface area contributed by atoms with E-state index in [9.17, 15) is 19.7 Å². The van der Waals surface area contributed by atoms with Gasteiger partial charge >= 0.3 is 5.97 Å². The minimum Gasteiger partial charge on any atom is -0.462 e. The van der Waals surface area contributed by atoms with E-state index in [0.29, 0.717) is 6.29 Å². The maximum absolute atomic E-state index is 11.5. The number of ether oxygens (including phenoxy) is 1. The van der Waals surface area contributed by atoms with Crippen molar-refractivity contribution in [2.24, 2.45) is 0 Å². The number of esters is 1. The molecule has 0 bridgehead atoms. The van der Waals surface area contributed by atoms with Gasteiger partial charge in [-0.25, -0.2) is 4.79 Å². The highest BCUT2D eigenvalue weighted by atomic mass is 79.9. The van der Waals surface area contributed by atoms with Crippen molar-refractivity contribution in [3.8, 4) is 0 Å². The fraction of sp³-hybridized carbons (Fsp3) is 0.200. The second kappa shape index (κ2) is 5.53. The highest BCUT2D eigenvalue weighted by molar-refractivity contribution is 9.10. The summed E-state index contributed by atoms with van der Waals surface area (Å²) in [6.07, 6.45) is 0.445. The van der Waals surface area contributed by atoms with Crippen molar-refractivity contribution >= 4 is 33.9 Å². The molecule has 17 heavy (non-hydrogen) atoms. The summed E-state index contributed by atoms with van der Waals surface area (Å²) in [7, 11) is 0. The first-order chi connectivity index (χ1) is 8.01. The van der Waals surface area contributed by atoms with Gasteiger partial charge in [-0.3, -0.25) is 14.9 Å². The van der Waals surface area contributed by atoms with Crippen LogP contribution in [0.4, 0.5) is 5.69 Å². The van der Waals surface area contributed by atoms with Gasteiger partial charge in [-0.2, -0.15) is 0 Å². The number of nitro benzene ring substituents is 1. The van der Waals surface area contributed by atoms with E-state index < -0.39 is 10.9 Å². The molecular formula is C10H8BrNO5. The smallest absolute Gasteiger partial charge is 0.339 e. The number of hydrogen-bond acceptors (Lipinski definition) is 5. The number of halogens is 1. The third kappa shape index (κ3) is 2.88. The lowest BCUT2D eigenvalue weighted by Crippen LogP contribution is -2.09. The molecule has 1 aromatic carbocycles. The lowest BCUT2D eigenvalue weighted by molar-refractivity contribution is -0.385. The summed E-state index contributed by atoms with van der Waals surface area (Å²) >= 11 is 2.96. The Labute approximate surface area is 105 Å². The average Bonchev–Trinajstić information content (AvgIpc) is 2.28. The Morgan fingerprint density at radius 2 is 2.24 bits per heavy atom. The summed E-state index contributed by atoms with van der Waals surface area (Å²) in [5, 5.41) is 10.7. The van der Waals surface area contributed by atoms with E-state index in [0.717, 1.165) is 6.07 Å². The third-order valence-electron chi connectivity index (χ3n) is 1.94. The molecule has 0 aromatic heterocycles. The molecular weight excluding hydrogens is 294 g/mol. The molecule has 6 nitrogen and oxygen atoms in total. The molecule has 0 heterocycles. The van der Waals surface area contributed by atoms with Gasteiger partial charge in [-0.15, -0.1) is 0 Å². The van der Waals surface area contributed by atoms with Gasteiger partial charge < -0.3 is 4.74 Å². The van der Waals surface area contributed by atoms with E-state index in [2.05, 4.69) is 15.9 Å². The summed E-state index contributed by atoms with van der Waals surface area (Å²) in [6, 6.07) is 2.24. The number of nitro groups is 1. The molecule has 0 atom stereocenters. The number of aldehydes is 1. The monoisotopic (exact) mass is 301 g/mol. The van der Waals surface area contributed by atoms with Gasteiger partial charge in [0.15, 0.2) is 6.29 Å². The van der Waals surface area contributed by atoms with Crippen LogP contribution in [0.15, 0.2) is 16.6 Å². The zero-order valence-corrected chi connectivity index (χ0v) is 10.4. The predicted molar refractivity (Wildman–Crippen MR) is 62.1 cm³/mol. The van der Waals surface area contributed by atoms with E-state index in [1.165, 1.54) is 6.07 Å². The van der Waals surface area contributed by atoms with Crippen LogP contribution in [-0.2, 0) is 4.74 Å². The number of benzene rings is 1. The van der Waals surface area contributed by atoms with Gasteiger partial charge in [0.05, 0.1) is 21.6 Å². The van der Waals surface area contributed by atoms with Crippen molar-refractivity contribution in [1.82, 2.24) is 0 Å². The second-order valence-corrected chi connectivity index (χ2v) is 3.84. The van der Waals surface area contributed by atoms with E-state index in [4.69, 9.17) is 4.74 Å². The van der Waals surface area contributed by atoms with E-state index in [1.54, 1.807) is 6.92 Å². The number of hydrogen-bond donors (Lipinski definition) is 0. The fourth-order valence-corrected chi connectivity index (χ4v) is 1.71. The summed E-state index contributed by atoms with van der Waals surface area (Å²) < 4.78 is 4.85. The summed E-state index contributed by atoms with van der Waals surface area (Å²) in [6.45, 7) is 1.73. The molecule has 0 aliphatic heterocycles. The topological polar surface area (TPSA) is 86.5 Å². The van der Waals surface area contributed by atoms with Crippen LogP contribution in [0.1, 0.15) is 27.6 Å². The van der Waals surface area contributed by atoms with E-state index in [1.807, 2.05) is 0 Å². The second-order valence-electron chi connectivity index (χ2n) is 2.99. The van der Waals surface area contributed by atoms with E-state index >= 15 is 0 Å². The van der Waals surface area contributed by atoms with Crippen LogP contribution in [0, 0.1) is 10.1 Å². The first kappa shape index (κ1) is 13.3. The maximum atomic E-state index is 11.5. The maximum Gasteiger partial charge on any atom is 0.339 e. The quantitative estimate of drug-likeness (QED) is 0.369. The van der Waals surface area contributed by atoms with Crippen molar-refractivity contribution in [3.63, 3.8) is 0 Å². The number of nitrogens with zero attached hydrogens (tertiary/aromatic N) is 1. The minimum atomic E-state index is -0.759. The summed E-state index contributed by atoms with van der Waals surface area (Å²) in [5.74, 6) is -0.759. The van der Waals surface area contributed by atoms with Gasteiger partial charge in [0.2, 0.25) is 0 Å². The Hall–Kier alpha value is -1.76. The SMILES string of the molecule is CCOC(=O)c1cc([N+](=O)[O-])c(Br)cc1C=O. The van der Waals surface area contributed by atoms with Crippen LogP contribution in [0.3, 0.4) is 0 Å². The van der Waals surface area contributed by atoms with Crippen LogP contribution >= 0.6 is 15.9 Å². The van der Waals surface area contributed by atoms with Crippen molar-refractivity contribution < 1.29 is 19.2 Å². The predicted octanol–water partition coefficient (Wildman–Crippen LogP) is 2.35. The summed E-state index contributed by atoms with van der Waals surface area (Å²) in [5.41, 5.74) is -0.365. The van der Waals surface area contributed by atoms with Crippen molar-refractivity contribution in [1.29, 1.82) is 0 Å². The molecule has 0 aliphatic carbocycles. The standard InChI is InChI=1S/C10H8BrNO5/c1-2-17-10(14)7-4-9(12(15)16)8(11)3-6(7)5-13/h3-5H,2H2,1H3. The first-order valence-electron chi connectivity index (χ1n) is 4.61. The highest BCUT2D eigenvalue weighted by Crippen LogP contribution is 2.28. The molecule has 0 aliphatic rings. The van der Waals surface area contributed by atoms with Gasteiger partial charge in [0, 0.05) is 11.6 Å².